The molecule has 0 saturated heterocycles. The molecule has 0 bridgehead atoms. The second kappa shape index (κ2) is 3.55. The summed E-state index contributed by atoms with van der Waals surface area (Å²) >= 11 is 1.59. The second-order valence-corrected chi connectivity index (χ2v) is 1.47. The van der Waals surface area contributed by atoms with E-state index < -0.39 is 0 Å². The largest absolute Gasteiger partial charge is 2.00 e. The van der Waals surface area contributed by atoms with Crippen LogP contribution in [-0.2, 0) is 20.4 Å². The minimum atomic E-state index is 0. The minimum Gasteiger partial charge on any atom is -0.304 e. The molecule has 1 heterocycles. The maximum Gasteiger partial charge on any atom is 2.00 e. The summed E-state index contributed by atoms with van der Waals surface area (Å²) in [6.07, 6.45) is 0. The first kappa shape index (κ1) is 6.36. The van der Waals surface area contributed by atoms with Crippen LogP contribution in [0.25, 0.3) is 0 Å². The Balaban J connectivity index is 0.000000250. The molecule has 34 valence electrons. The van der Waals surface area contributed by atoms with Gasteiger partial charge >= 0.3 is 20.4 Å². The Morgan fingerprint density at radius 3 is 2.50 bits per heavy atom. The van der Waals surface area contributed by atoms with Crippen molar-refractivity contribution in [2.75, 3.05) is 0 Å². The Kier molecular flexibility index (Phi) is 3.76. The predicted molar refractivity (Wildman–Crippen MR) is 23.2 cm³/mol. The number of thiophene rings is 1. The van der Waals surface area contributed by atoms with Crippen molar-refractivity contribution < 1.29 is 20.4 Å². The van der Waals surface area contributed by atoms with Crippen LogP contribution >= 0.6 is 11.3 Å². The zero-order chi connectivity index (χ0) is 3.54. The summed E-state index contributed by atoms with van der Waals surface area (Å²) in [6.45, 7) is 0. The fourth-order valence-electron chi connectivity index (χ4n) is 0.196. The van der Waals surface area contributed by atoms with Crippen molar-refractivity contribution in [2.45, 2.75) is 0 Å². The van der Waals surface area contributed by atoms with Crippen molar-refractivity contribution >= 4 is 11.3 Å². The summed E-state index contributed by atoms with van der Waals surface area (Å²) in [5, 5.41) is 4.89. The van der Waals surface area contributed by atoms with Gasteiger partial charge in [0.25, 0.3) is 0 Å². The number of hydrogen-bond donors (Lipinski definition) is 0. The molecule has 6 heavy (non-hydrogen) atoms. The zero-order valence-electron chi connectivity index (χ0n) is 2.96. The van der Waals surface area contributed by atoms with Gasteiger partial charge in [0, 0.05) is 0 Å². The van der Waals surface area contributed by atoms with Gasteiger partial charge in [0.2, 0.25) is 0 Å². The fourth-order valence-corrected chi connectivity index (χ4v) is 0.589. The molecule has 0 N–H and O–H groups in total. The fraction of sp³-hybridized carbons (Fsp3) is 0. The van der Waals surface area contributed by atoms with E-state index in [1.165, 1.54) is 0 Å². The second-order valence-electron chi connectivity index (χ2n) is 0.731. The molecule has 0 unspecified atom stereocenters. The molecule has 2 heteroatoms. The molecule has 0 radical (unpaired) electrons. The summed E-state index contributed by atoms with van der Waals surface area (Å²) < 4.78 is 0. The topological polar surface area (TPSA) is 0 Å². The molecule has 0 spiro atoms. The molecule has 1 aromatic heterocycles. The minimum absolute atomic E-state index is 0. The Morgan fingerprint density at radius 1 is 1.50 bits per heavy atom. The molecular formula is C4H3PdS+. The van der Waals surface area contributed by atoms with E-state index in [-0.39, 0.29) is 20.4 Å². The summed E-state index contributed by atoms with van der Waals surface area (Å²) in [4.78, 5) is 0. The molecule has 0 aromatic carbocycles. The van der Waals surface area contributed by atoms with Crippen molar-refractivity contribution in [2.24, 2.45) is 0 Å². The van der Waals surface area contributed by atoms with Gasteiger partial charge in [0.15, 0.2) is 0 Å². The maximum absolute atomic E-state index is 2.90. The van der Waals surface area contributed by atoms with Crippen LogP contribution < -0.4 is 0 Å². The van der Waals surface area contributed by atoms with Gasteiger partial charge in [0.1, 0.15) is 0 Å². The molecule has 0 atom stereocenters. The van der Waals surface area contributed by atoms with E-state index in [9.17, 15) is 0 Å². The molecule has 0 aliphatic rings. The molecule has 0 amide bonds. The van der Waals surface area contributed by atoms with Crippen LogP contribution in [0.2, 0.25) is 0 Å². The van der Waals surface area contributed by atoms with E-state index in [0.717, 1.165) is 0 Å². The first-order valence-corrected chi connectivity index (χ1v) is 2.27. The van der Waals surface area contributed by atoms with Gasteiger partial charge in [-0.05, 0) is 0 Å². The average Bonchev–Trinajstić information content (AvgIpc) is 1.76. The molecule has 0 aliphatic heterocycles. The first-order valence-electron chi connectivity index (χ1n) is 1.40. The molecular weight excluding hydrogens is 187 g/mol. The molecule has 1 aromatic rings. The van der Waals surface area contributed by atoms with Gasteiger partial charge in [-0.2, -0.15) is 11.4 Å². The Bertz CT molecular complexity index is 64.0. The Morgan fingerprint density at radius 2 is 2.33 bits per heavy atom. The average molecular weight is 190 g/mol. The third kappa shape index (κ3) is 1.72. The van der Waals surface area contributed by atoms with Crippen LogP contribution in [0.1, 0.15) is 0 Å². The summed E-state index contributed by atoms with van der Waals surface area (Å²) in [7, 11) is 0. The van der Waals surface area contributed by atoms with Crippen LogP contribution in [0.5, 0.6) is 0 Å². The predicted octanol–water partition coefficient (Wildman–Crippen LogP) is 1.55. The third-order valence-corrected chi connectivity index (χ3v) is 0.944. The molecule has 0 fully saturated rings. The van der Waals surface area contributed by atoms with Crippen LogP contribution in [0.4, 0.5) is 0 Å². The van der Waals surface area contributed by atoms with Crippen LogP contribution in [0.3, 0.4) is 0 Å². The molecule has 0 nitrogen and oxygen atoms in total. The van der Waals surface area contributed by atoms with Crippen LogP contribution in [-0.4, -0.2) is 0 Å². The Labute approximate surface area is 54.9 Å². The monoisotopic (exact) mass is 189 g/mol. The first-order chi connectivity index (χ1) is 2.50. The van der Waals surface area contributed by atoms with Crippen molar-refractivity contribution in [1.29, 1.82) is 0 Å². The number of hydrogen-bond acceptors (Lipinski definition) is 1. The standard InChI is InChI=1S/C4H3S.Pd/c1-2-4-5-3-1;/h1-3H;/q-1;+2. The third-order valence-electron chi connectivity index (χ3n) is 0.379. The van der Waals surface area contributed by atoms with Gasteiger partial charge in [-0.1, -0.05) is 0 Å². The SMILES string of the molecule is [Pd+2].[c-]1cccs1. The van der Waals surface area contributed by atoms with Crippen molar-refractivity contribution in [3.8, 4) is 0 Å². The van der Waals surface area contributed by atoms with Gasteiger partial charge in [-0.15, -0.1) is 5.38 Å². The van der Waals surface area contributed by atoms with E-state index in [4.69, 9.17) is 0 Å². The van der Waals surface area contributed by atoms with E-state index in [2.05, 4.69) is 5.38 Å². The van der Waals surface area contributed by atoms with Crippen LogP contribution in [0, 0.1) is 5.38 Å². The molecule has 1 rings (SSSR count). The Hall–Kier alpha value is 0.362. The van der Waals surface area contributed by atoms with Gasteiger partial charge in [-0.3, -0.25) is 0 Å². The van der Waals surface area contributed by atoms with Crippen molar-refractivity contribution in [1.82, 2.24) is 0 Å². The van der Waals surface area contributed by atoms with Crippen LogP contribution in [0.15, 0.2) is 17.5 Å². The smallest absolute Gasteiger partial charge is 0.304 e. The quantitative estimate of drug-likeness (QED) is 0.429. The normalized spacial score (nSPS) is 6.67. The summed E-state index contributed by atoms with van der Waals surface area (Å²) in [5.74, 6) is 0. The summed E-state index contributed by atoms with van der Waals surface area (Å²) in [6, 6.07) is 3.86. The van der Waals surface area contributed by atoms with Gasteiger partial charge in [0.05, 0.1) is 0 Å². The van der Waals surface area contributed by atoms with Gasteiger partial charge in [-0.25, -0.2) is 6.07 Å². The molecule has 0 saturated carbocycles. The molecule has 0 aliphatic carbocycles. The van der Waals surface area contributed by atoms with Crippen molar-refractivity contribution in [3.63, 3.8) is 0 Å². The summed E-state index contributed by atoms with van der Waals surface area (Å²) in [5.41, 5.74) is 0. The maximum atomic E-state index is 2.90. The van der Waals surface area contributed by atoms with Crippen molar-refractivity contribution in [3.05, 3.63) is 22.9 Å². The van der Waals surface area contributed by atoms with Gasteiger partial charge < -0.3 is 11.3 Å². The van der Waals surface area contributed by atoms with E-state index in [1.54, 1.807) is 11.3 Å². The van der Waals surface area contributed by atoms with E-state index in [1.807, 2.05) is 17.5 Å². The number of rotatable bonds is 0. The zero-order valence-corrected chi connectivity index (χ0v) is 5.33. The van der Waals surface area contributed by atoms with E-state index in [0.29, 0.717) is 0 Å². The van der Waals surface area contributed by atoms with E-state index >= 15 is 0 Å².